The van der Waals surface area contributed by atoms with E-state index in [9.17, 15) is 18.0 Å². The summed E-state index contributed by atoms with van der Waals surface area (Å²) in [7, 11) is -3.56. The van der Waals surface area contributed by atoms with E-state index in [0.29, 0.717) is 6.42 Å². The van der Waals surface area contributed by atoms with Crippen molar-refractivity contribution in [2.75, 3.05) is 18.8 Å². The van der Waals surface area contributed by atoms with Crippen LogP contribution in [0.15, 0.2) is 0 Å². The first-order valence-corrected chi connectivity index (χ1v) is 8.48. The molecule has 1 fully saturated rings. The number of rotatable bonds is 5. The van der Waals surface area contributed by atoms with Gasteiger partial charge in [-0.05, 0) is 18.3 Å². The van der Waals surface area contributed by atoms with Crippen LogP contribution >= 0.6 is 0 Å². The van der Waals surface area contributed by atoms with Gasteiger partial charge < -0.3 is 10.2 Å². The fourth-order valence-corrected chi connectivity index (χ4v) is 4.18. The van der Waals surface area contributed by atoms with Gasteiger partial charge in [-0.3, -0.25) is 9.59 Å². The maximum Gasteiger partial charge on any atom is 0.308 e. The van der Waals surface area contributed by atoms with Crippen LogP contribution < -0.4 is 0 Å². The second-order valence-corrected chi connectivity index (χ2v) is 8.75. The van der Waals surface area contributed by atoms with Crippen LogP contribution in [0.2, 0.25) is 0 Å². The van der Waals surface area contributed by atoms with Crippen molar-refractivity contribution in [2.45, 2.75) is 33.6 Å². The molecule has 1 heterocycles. The molecule has 21 heavy (non-hydrogen) atoms. The molecular weight excluding hydrogens is 298 g/mol. The third-order valence-corrected chi connectivity index (χ3v) is 5.55. The average molecular weight is 321 g/mol. The number of aliphatic carboxylic acids is 2. The van der Waals surface area contributed by atoms with Crippen LogP contribution in [0.3, 0.4) is 0 Å². The fourth-order valence-electron chi connectivity index (χ4n) is 2.28. The van der Waals surface area contributed by atoms with E-state index in [2.05, 4.69) is 0 Å². The maximum atomic E-state index is 12.3. The third kappa shape index (κ3) is 4.96. The minimum Gasteiger partial charge on any atom is -0.481 e. The number of carboxylic acid groups (broad SMARTS) is 2. The second-order valence-electron chi connectivity index (χ2n) is 6.66. The van der Waals surface area contributed by atoms with Crippen LogP contribution in [0.4, 0.5) is 0 Å². The molecule has 7 nitrogen and oxygen atoms in total. The van der Waals surface area contributed by atoms with Crippen LogP contribution in [0.1, 0.15) is 33.6 Å². The summed E-state index contributed by atoms with van der Waals surface area (Å²) < 4.78 is 25.6. The molecular formula is C13H23NO6S. The Morgan fingerprint density at radius 2 is 1.67 bits per heavy atom. The molecule has 0 aromatic heterocycles. The van der Waals surface area contributed by atoms with Gasteiger partial charge in [-0.2, -0.15) is 0 Å². The summed E-state index contributed by atoms with van der Waals surface area (Å²) >= 11 is 0. The summed E-state index contributed by atoms with van der Waals surface area (Å²) in [5.41, 5.74) is -0.140. The SMILES string of the molecule is CC(C)(C)CCS(=O)(=O)N1CCC(C(=O)O)C(C(=O)O)C1. The van der Waals surface area contributed by atoms with Crippen molar-refractivity contribution < 1.29 is 28.2 Å². The van der Waals surface area contributed by atoms with Crippen molar-refractivity contribution in [3.05, 3.63) is 0 Å². The molecule has 0 aromatic carbocycles. The van der Waals surface area contributed by atoms with Crippen molar-refractivity contribution in [2.24, 2.45) is 17.3 Å². The molecule has 2 unspecified atom stereocenters. The van der Waals surface area contributed by atoms with Gasteiger partial charge in [0.15, 0.2) is 0 Å². The quantitative estimate of drug-likeness (QED) is 0.776. The van der Waals surface area contributed by atoms with E-state index in [1.165, 1.54) is 0 Å². The highest BCUT2D eigenvalue weighted by atomic mass is 32.2. The number of carbonyl (C=O) groups is 2. The Hall–Kier alpha value is -1.15. The van der Waals surface area contributed by atoms with Crippen molar-refractivity contribution in [3.8, 4) is 0 Å². The fraction of sp³-hybridized carbons (Fsp3) is 0.846. The van der Waals surface area contributed by atoms with Gasteiger partial charge in [0.05, 0.1) is 17.6 Å². The first-order chi connectivity index (χ1) is 9.44. The average Bonchev–Trinajstić information content (AvgIpc) is 2.34. The molecule has 0 bridgehead atoms. The second kappa shape index (κ2) is 6.31. The van der Waals surface area contributed by atoms with Crippen LogP contribution in [-0.4, -0.2) is 53.7 Å². The van der Waals surface area contributed by atoms with Crippen LogP contribution in [0, 0.1) is 17.3 Å². The van der Waals surface area contributed by atoms with Gasteiger partial charge >= 0.3 is 11.9 Å². The summed E-state index contributed by atoms with van der Waals surface area (Å²) in [5.74, 6) is -4.73. The number of hydrogen-bond donors (Lipinski definition) is 2. The summed E-state index contributed by atoms with van der Waals surface area (Å²) in [6.07, 6.45) is 0.493. The van der Waals surface area contributed by atoms with Gasteiger partial charge in [-0.1, -0.05) is 20.8 Å². The van der Waals surface area contributed by atoms with Crippen molar-refractivity contribution >= 4 is 22.0 Å². The Balaban J connectivity index is 2.82. The highest BCUT2D eigenvalue weighted by molar-refractivity contribution is 7.89. The molecule has 122 valence electrons. The summed E-state index contributed by atoms with van der Waals surface area (Å²) in [4.78, 5) is 22.2. The van der Waals surface area contributed by atoms with Crippen LogP contribution in [0.5, 0.6) is 0 Å². The molecule has 1 rings (SSSR count). The highest BCUT2D eigenvalue weighted by Crippen LogP contribution is 2.28. The van der Waals surface area contributed by atoms with Gasteiger partial charge in [0, 0.05) is 13.1 Å². The van der Waals surface area contributed by atoms with Gasteiger partial charge in [0.1, 0.15) is 0 Å². The summed E-state index contributed by atoms with van der Waals surface area (Å²) in [5, 5.41) is 18.1. The molecule has 2 N–H and O–H groups in total. The Morgan fingerprint density at radius 3 is 2.10 bits per heavy atom. The highest BCUT2D eigenvalue weighted by Gasteiger charge is 2.42. The lowest BCUT2D eigenvalue weighted by Gasteiger charge is -2.34. The Bertz CT molecular complexity index is 507. The monoisotopic (exact) mass is 321 g/mol. The van der Waals surface area contributed by atoms with E-state index in [4.69, 9.17) is 10.2 Å². The van der Waals surface area contributed by atoms with Crippen molar-refractivity contribution in [1.82, 2.24) is 4.31 Å². The van der Waals surface area contributed by atoms with Crippen LogP contribution in [-0.2, 0) is 19.6 Å². The minimum atomic E-state index is -3.56. The Kier molecular flexibility index (Phi) is 5.38. The number of nitrogens with zero attached hydrogens (tertiary/aromatic N) is 1. The minimum absolute atomic E-state index is 0.0288. The Labute approximate surface area is 125 Å². The maximum absolute atomic E-state index is 12.3. The summed E-state index contributed by atoms with van der Waals surface area (Å²) in [6, 6.07) is 0. The van der Waals surface area contributed by atoms with E-state index in [-0.39, 0.29) is 30.7 Å². The van der Waals surface area contributed by atoms with Gasteiger partial charge in [0.25, 0.3) is 0 Å². The van der Waals surface area contributed by atoms with Crippen LogP contribution in [0.25, 0.3) is 0 Å². The lowest BCUT2D eigenvalue weighted by atomic mass is 9.86. The van der Waals surface area contributed by atoms with E-state index in [0.717, 1.165) is 4.31 Å². The number of piperidine rings is 1. The largest absolute Gasteiger partial charge is 0.481 e. The molecule has 0 spiro atoms. The van der Waals surface area contributed by atoms with E-state index in [1.54, 1.807) is 0 Å². The number of hydrogen-bond acceptors (Lipinski definition) is 4. The molecule has 2 atom stereocenters. The number of sulfonamides is 1. The summed E-state index contributed by atoms with van der Waals surface area (Å²) in [6.45, 7) is 5.59. The Morgan fingerprint density at radius 1 is 1.14 bits per heavy atom. The van der Waals surface area contributed by atoms with Crippen molar-refractivity contribution in [1.29, 1.82) is 0 Å². The normalized spacial score (nSPS) is 24.7. The third-order valence-electron chi connectivity index (χ3n) is 3.71. The molecule has 8 heteroatoms. The molecule has 1 aliphatic heterocycles. The zero-order chi connectivity index (χ0) is 16.4. The molecule has 0 radical (unpaired) electrons. The zero-order valence-electron chi connectivity index (χ0n) is 12.6. The molecule has 0 aliphatic carbocycles. The standard InChI is InChI=1S/C13H23NO6S/c1-13(2,3)5-7-21(19,20)14-6-4-9(11(15)16)10(8-14)12(17)18/h9-10H,4-8H2,1-3H3,(H,15,16)(H,17,18). The molecule has 1 saturated heterocycles. The van der Waals surface area contributed by atoms with Crippen molar-refractivity contribution in [3.63, 3.8) is 0 Å². The molecule has 0 amide bonds. The van der Waals surface area contributed by atoms with E-state index in [1.807, 2.05) is 20.8 Å². The number of carboxylic acids is 2. The first-order valence-electron chi connectivity index (χ1n) is 6.87. The lowest BCUT2D eigenvalue weighted by molar-refractivity contribution is -0.156. The molecule has 0 aromatic rings. The predicted molar refractivity (Wildman–Crippen MR) is 76.3 cm³/mol. The van der Waals surface area contributed by atoms with E-state index < -0.39 is 33.8 Å². The topological polar surface area (TPSA) is 112 Å². The smallest absolute Gasteiger partial charge is 0.308 e. The zero-order valence-corrected chi connectivity index (χ0v) is 13.4. The predicted octanol–water partition coefficient (Wildman–Crippen LogP) is 0.860. The molecule has 1 aliphatic rings. The molecule has 0 saturated carbocycles. The van der Waals surface area contributed by atoms with Gasteiger partial charge in [0.2, 0.25) is 10.0 Å². The lowest BCUT2D eigenvalue weighted by Crippen LogP contribution is -2.49. The van der Waals surface area contributed by atoms with E-state index >= 15 is 0 Å². The first kappa shape index (κ1) is 17.9. The van der Waals surface area contributed by atoms with Gasteiger partial charge in [-0.15, -0.1) is 0 Å². The van der Waals surface area contributed by atoms with Gasteiger partial charge in [-0.25, -0.2) is 12.7 Å².